The Balaban J connectivity index is 1.76. The van der Waals surface area contributed by atoms with Gasteiger partial charge < -0.3 is 10.6 Å². The van der Waals surface area contributed by atoms with Gasteiger partial charge in [0, 0.05) is 24.5 Å². The van der Waals surface area contributed by atoms with Crippen LogP contribution in [0.15, 0.2) is 30.3 Å². The minimum Gasteiger partial charge on any atom is -0.315 e. The van der Waals surface area contributed by atoms with Gasteiger partial charge in [0.2, 0.25) is 0 Å². The summed E-state index contributed by atoms with van der Waals surface area (Å²) in [4.78, 5) is 0. The summed E-state index contributed by atoms with van der Waals surface area (Å²) in [6, 6.07) is 11.5. The Morgan fingerprint density at radius 2 is 1.94 bits per heavy atom. The first kappa shape index (κ1) is 13.6. The van der Waals surface area contributed by atoms with Crippen molar-refractivity contribution in [2.24, 2.45) is 0 Å². The maximum Gasteiger partial charge on any atom is 0.0164 e. The molecule has 1 atom stereocenters. The summed E-state index contributed by atoms with van der Waals surface area (Å²) in [5.41, 5.74) is 1.94. The van der Waals surface area contributed by atoms with Gasteiger partial charge in [-0.1, -0.05) is 37.3 Å². The van der Waals surface area contributed by atoms with Crippen LogP contribution in [0.1, 0.15) is 38.7 Å². The summed E-state index contributed by atoms with van der Waals surface area (Å²) < 4.78 is 0. The number of hydrogen-bond acceptors (Lipinski definition) is 2. The summed E-state index contributed by atoms with van der Waals surface area (Å²) in [5.74, 6) is 0. The van der Waals surface area contributed by atoms with Crippen LogP contribution in [0, 0.1) is 0 Å². The molecule has 2 heteroatoms. The lowest BCUT2D eigenvalue weighted by Gasteiger charge is -2.21. The first-order valence-corrected chi connectivity index (χ1v) is 7.26. The van der Waals surface area contributed by atoms with Gasteiger partial charge in [0.15, 0.2) is 0 Å². The van der Waals surface area contributed by atoms with Crippen molar-refractivity contribution < 1.29 is 0 Å². The average molecular weight is 246 g/mol. The molecule has 0 aromatic heterocycles. The van der Waals surface area contributed by atoms with Gasteiger partial charge in [0.1, 0.15) is 0 Å². The monoisotopic (exact) mass is 246 g/mol. The van der Waals surface area contributed by atoms with Gasteiger partial charge in [0.25, 0.3) is 0 Å². The third-order valence-corrected chi connectivity index (χ3v) is 3.91. The van der Waals surface area contributed by atoms with Gasteiger partial charge in [-0.3, -0.25) is 0 Å². The molecule has 1 aromatic rings. The molecule has 2 nitrogen and oxygen atoms in total. The number of nitrogens with one attached hydrogen (secondary N) is 2. The number of rotatable bonds is 8. The van der Waals surface area contributed by atoms with E-state index in [4.69, 9.17) is 0 Å². The van der Waals surface area contributed by atoms with E-state index < -0.39 is 0 Å². The number of hydrogen-bond donors (Lipinski definition) is 2. The highest BCUT2D eigenvalue weighted by Crippen LogP contribution is 2.47. The maximum absolute atomic E-state index is 3.68. The van der Waals surface area contributed by atoms with Crippen LogP contribution in [0.25, 0.3) is 0 Å². The third kappa shape index (κ3) is 3.56. The Labute approximate surface area is 111 Å². The van der Waals surface area contributed by atoms with Crippen molar-refractivity contribution in [1.29, 1.82) is 0 Å². The van der Waals surface area contributed by atoms with E-state index in [1.54, 1.807) is 0 Å². The van der Waals surface area contributed by atoms with E-state index >= 15 is 0 Å². The zero-order valence-corrected chi connectivity index (χ0v) is 11.7. The second-order valence-electron chi connectivity index (χ2n) is 5.63. The molecule has 1 aliphatic carbocycles. The zero-order chi connectivity index (χ0) is 12.8. The van der Waals surface area contributed by atoms with Gasteiger partial charge in [-0.25, -0.2) is 0 Å². The minimum absolute atomic E-state index is 0.431. The van der Waals surface area contributed by atoms with Gasteiger partial charge in [-0.2, -0.15) is 0 Å². The molecule has 2 rings (SSSR count). The van der Waals surface area contributed by atoms with E-state index in [9.17, 15) is 0 Å². The van der Waals surface area contributed by atoms with Crippen LogP contribution in [0.4, 0.5) is 0 Å². The molecular weight excluding hydrogens is 220 g/mol. The Morgan fingerprint density at radius 3 is 2.56 bits per heavy atom. The van der Waals surface area contributed by atoms with Crippen LogP contribution in [-0.4, -0.2) is 25.7 Å². The molecule has 1 aliphatic rings. The van der Waals surface area contributed by atoms with Crippen LogP contribution >= 0.6 is 0 Å². The topological polar surface area (TPSA) is 24.1 Å². The van der Waals surface area contributed by atoms with Gasteiger partial charge in [-0.05, 0) is 38.3 Å². The maximum atomic E-state index is 3.68. The highest BCUT2D eigenvalue weighted by molar-refractivity contribution is 5.31. The highest BCUT2D eigenvalue weighted by atomic mass is 15.0. The second kappa shape index (κ2) is 6.35. The number of benzene rings is 1. The molecule has 1 fully saturated rings. The molecule has 0 saturated heterocycles. The molecule has 0 spiro atoms. The molecule has 1 aromatic carbocycles. The smallest absolute Gasteiger partial charge is 0.0164 e. The van der Waals surface area contributed by atoms with E-state index in [1.165, 1.54) is 24.8 Å². The normalized spacial score (nSPS) is 18.6. The Morgan fingerprint density at radius 1 is 1.22 bits per heavy atom. The van der Waals surface area contributed by atoms with Crippen molar-refractivity contribution in [1.82, 2.24) is 10.6 Å². The molecule has 100 valence electrons. The Bertz CT molecular complexity index is 343. The summed E-state index contributed by atoms with van der Waals surface area (Å²) in [6.07, 6.45) is 3.87. The molecule has 0 heterocycles. The first-order valence-electron chi connectivity index (χ1n) is 7.26. The highest BCUT2D eigenvalue weighted by Gasteiger charge is 2.43. The van der Waals surface area contributed by atoms with Crippen molar-refractivity contribution in [3.8, 4) is 0 Å². The zero-order valence-electron chi connectivity index (χ0n) is 11.7. The van der Waals surface area contributed by atoms with Crippen LogP contribution in [0.5, 0.6) is 0 Å². The van der Waals surface area contributed by atoms with Crippen LogP contribution in [-0.2, 0) is 5.41 Å². The molecule has 0 radical (unpaired) electrons. The fourth-order valence-electron chi connectivity index (χ4n) is 2.45. The largest absolute Gasteiger partial charge is 0.315 e. The van der Waals surface area contributed by atoms with Gasteiger partial charge >= 0.3 is 0 Å². The Kier molecular flexibility index (Phi) is 4.79. The lowest BCUT2D eigenvalue weighted by atomic mass is 9.96. The third-order valence-electron chi connectivity index (χ3n) is 3.91. The van der Waals surface area contributed by atoms with Gasteiger partial charge in [-0.15, -0.1) is 0 Å². The molecular formula is C16H26N2. The average Bonchev–Trinajstić information content (AvgIpc) is 3.19. The van der Waals surface area contributed by atoms with Crippen LogP contribution in [0.3, 0.4) is 0 Å². The van der Waals surface area contributed by atoms with E-state index in [0.717, 1.165) is 19.6 Å². The van der Waals surface area contributed by atoms with Gasteiger partial charge in [0.05, 0.1) is 0 Å². The summed E-state index contributed by atoms with van der Waals surface area (Å²) in [6.45, 7) is 7.78. The fourth-order valence-corrected chi connectivity index (χ4v) is 2.45. The van der Waals surface area contributed by atoms with E-state index in [0.29, 0.717) is 11.5 Å². The van der Waals surface area contributed by atoms with Crippen molar-refractivity contribution in [3.63, 3.8) is 0 Å². The summed E-state index contributed by atoms with van der Waals surface area (Å²) in [7, 11) is 0. The molecule has 1 unspecified atom stereocenters. The van der Waals surface area contributed by atoms with Crippen molar-refractivity contribution >= 4 is 0 Å². The Hall–Kier alpha value is -0.860. The van der Waals surface area contributed by atoms with Crippen LogP contribution in [0.2, 0.25) is 0 Å². The van der Waals surface area contributed by atoms with E-state index in [2.05, 4.69) is 54.8 Å². The van der Waals surface area contributed by atoms with E-state index in [-0.39, 0.29) is 0 Å². The quantitative estimate of drug-likeness (QED) is 0.689. The lowest BCUT2D eigenvalue weighted by Crippen LogP contribution is -2.40. The molecule has 18 heavy (non-hydrogen) atoms. The molecule has 0 aliphatic heterocycles. The predicted molar refractivity (Wildman–Crippen MR) is 78.0 cm³/mol. The molecule has 1 saturated carbocycles. The summed E-state index contributed by atoms with van der Waals surface area (Å²) >= 11 is 0. The minimum atomic E-state index is 0.431. The molecule has 0 bridgehead atoms. The standard InChI is InChI=1S/C16H26N2/c1-3-11-17-12-14(2)18-13-16(9-10-16)15-7-5-4-6-8-15/h4-8,14,17-18H,3,9-13H2,1-2H3. The molecule has 2 N–H and O–H groups in total. The van der Waals surface area contributed by atoms with Crippen molar-refractivity contribution in [3.05, 3.63) is 35.9 Å². The van der Waals surface area contributed by atoms with Crippen LogP contribution < -0.4 is 10.6 Å². The first-order chi connectivity index (χ1) is 8.77. The van der Waals surface area contributed by atoms with Crippen molar-refractivity contribution in [2.45, 2.75) is 44.6 Å². The molecule has 0 amide bonds. The second-order valence-corrected chi connectivity index (χ2v) is 5.63. The fraction of sp³-hybridized carbons (Fsp3) is 0.625. The van der Waals surface area contributed by atoms with E-state index in [1.807, 2.05) is 0 Å². The predicted octanol–water partition coefficient (Wildman–Crippen LogP) is 2.70. The van der Waals surface area contributed by atoms with Crippen molar-refractivity contribution in [2.75, 3.05) is 19.6 Å². The SMILES string of the molecule is CCCNCC(C)NCC1(c2ccccc2)CC1. The lowest BCUT2D eigenvalue weighted by molar-refractivity contribution is 0.468. The summed E-state index contributed by atoms with van der Waals surface area (Å²) in [5, 5.41) is 7.15.